The molecule has 0 N–H and O–H groups in total. The third-order valence-corrected chi connectivity index (χ3v) is 8.54. The normalized spacial score (nSPS) is 9.39. The summed E-state index contributed by atoms with van der Waals surface area (Å²) in [6, 6.07) is 34.6. The first-order valence-electron chi connectivity index (χ1n) is 10.1. The Balaban J connectivity index is 0.000000448. The van der Waals surface area contributed by atoms with Crippen molar-refractivity contribution in [2.24, 2.45) is 0 Å². The SMILES string of the molecule is Fc1c(F)c(F)c(C#C[As]([c-]2cccc2)[c-]2cccc2)c(F)c1F.[Fe].[Fe].[cH-]1[cH-][cH-][cH-][cH-]1.c1cc[cH-]c1. The number of benzene rings is 1. The smallest absolute Gasteiger partial charge is 0 e. The van der Waals surface area contributed by atoms with Crippen molar-refractivity contribution in [3.8, 4) is 10.6 Å². The van der Waals surface area contributed by atoms with Crippen LogP contribution in [0.3, 0.4) is 0 Å². The van der Waals surface area contributed by atoms with Gasteiger partial charge in [-0.1, -0.05) is 0 Å². The van der Waals surface area contributed by atoms with E-state index < -0.39 is 49.3 Å². The van der Waals surface area contributed by atoms with Crippen LogP contribution in [0.2, 0.25) is 0 Å². The van der Waals surface area contributed by atoms with Crippen LogP contribution in [-0.2, 0) is 34.1 Å². The monoisotopic (exact) mass is 636 g/mol. The van der Waals surface area contributed by atoms with Crippen LogP contribution in [0.25, 0.3) is 0 Å². The first-order chi connectivity index (χ1) is 16.5. The van der Waals surface area contributed by atoms with E-state index in [1.807, 2.05) is 84.9 Å². The van der Waals surface area contributed by atoms with Gasteiger partial charge in [-0.3, -0.25) is 0 Å². The molecular weight excluding hydrogens is 618 g/mol. The number of hydrogen-bond acceptors (Lipinski definition) is 0. The van der Waals surface area contributed by atoms with Gasteiger partial charge in [0.25, 0.3) is 0 Å². The molecule has 0 fully saturated rings. The summed E-state index contributed by atoms with van der Waals surface area (Å²) in [5, 5.41) is 0. The van der Waals surface area contributed by atoms with E-state index in [4.69, 9.17) is 0 Å². The first kappa shape index (κ1) is 31.5. The van der Waals surface area contributed by atoms with E-state index in [0.29, 0.717) is 0 Å². The fourth-order valence-corrected chi connectivity index (χ4v) is 6.38. The van der Waals surface area contributed by atoms with Gasteiger partial charge in [-0.25, -0.2) is 12.1 Å². The van der Waals surface area contributed by atoms with Crippen molar-refractivity contribution < 1.29 is 56.1 Å². The summed E-state index contributed by atoms with van der Waals surface area (Å²) in [4.78, 5) is 0. The van der Waals surface area contributed by atoms with Gasteiger partial charge in [0.1, 0.15) is 0 Å². The van der Waals surface area contributed by atoms with Crippen LogP contribution in [0.1, 0.15) is 5.56 Å². The Kier molecular flexibility index (Phi) is 14.2. The number of hydrogen-bond donors (Lipinski definition) is 0. The summed E-state index contributed by atoms with van der Waals surface area (Å²) in [5.74, 6) is -7.78. The summed E-state index contributed by atoms with van der Waals surface area (Å²) in [6.45, 7) is 0. The van der Waals surface area contributed by atoms with E-state index in [-0.39, 0.29) is 34.1 Å². The molecule has 0 heterocycles. The average Bonchev–Trinajstić information content (AvgIpc) is 3.69. The van der Waals surface area contributed by atoms with Gasteiger partial charge in [0.2, 0.25) is 0 Å². The van der Waals surface area contributed by atoms with E-state index in [1.165, 1.54) is 0 Å². The van der Waals surface area contributed by atoms with Crippen molar-refractivity contribution in [1.82, 2.24) is 0 Å². The largest absolute Gasteiger partial charge is 0.748 e. The summed E-state index contributed by atoms with van der Waals surface area (Å²) in [7, 11) is 0. The zero-order valence-electron chi connectivity index (χ0n) is 18.4. The summed E-state index contributed by atoms with van der Waals surface area (Å²) < 4.78 is 71.6. The van der Waals surface area contributed by atoms with Crippen LogP contribution in [0.15, 0.2) is 109 Å². The molecular formula is C28H18AsF5Fe2-8. The zero-order valence-corrected chi connectivity index (χ0v) is 22.5. The van der Waals surface area contributed by atoms with Crippen molar-refractivity contribution in [2.75, 3.05) is 0 Å². The van der Waals surface area contributed by atoms with Crippen LogP contribution >= 0.6 is 0 Å². The molecule has 0 spiro atoms. The minimum atomic E-state index is -2.22. The standard InChI is InChI=1S/C18H8AsF5.2C5H5.2Fe/c20-14-13(15(21)17(23)18(24)16(14)22)9-10-19(11-5-1-2-6-11)12-7-3-4-8-12;2*1-2-4-5-3-1;;/h1-8H;2*1-5H;;/q-2;-5;-1;;. The predicted molar refractivity (Wildman–Crippen MR) is 126 cm³/mol. The molecule has 36 heavy (non-hydrogen) atoms. The predicted octanol–water partition coefficient (Wildman–Crippen LogP) is 5.83. The quantitative estimate of drug-likeness (QED) is 0.0573. The molecule has 0 amide bonds. The molecule has 0 saturated heterocycles. The van der Waals surface area contributed by atoms with Gasteiger partial charge in [0.05, 0.1) is 0 Å². The average molecular weight is 636 g/mol. The fourth-order valence-electron chi connectivity index (χ4n) is 2.77. The molecule has 194 valence electrons. The zero-order chi connectivity index (χ0) is 24.3. The number of halogens is 5. The van der Waals surface area contributed by atoms with E-state index >= 15 is 0 Å². The maximum atomic E-state index is 13.7. The van der Waals surface area contributed by atoms with Crippen molar-refractivity contribution >= 4 is 23.4 Å². The fraction of sp³-hybridized carbons (Fsp3) is 0. The van der Waals surface area contributed by atoms with Crippen molar-refractivity contribution in [3.05, 3.63) is 144 Å². The molecule has 0 saturated carbocycles. The molecule has 0 aromatic heterocycles. The number of rotatable bonds is 2. The van der Waals surface area contributed by atoms with E-state index in [9.17, 15) is 22.0 Å². The molecule has 5 aromatic carbocycles. The third kappa shape index (κ3) is 8.52. The maximum Gasteiger partial charge on any atom is 0 e. The first-order valence-corrected chi connectivity index (χ1v) is 12.9. The summed E-state index contributed by atoms with van der Waals surface area (Å²) in [6.07, 6.45) is 0. The van der Waals surface area contributed by atoms with Crippen molar-refractivity contribution in [3.63, 3.8) is 0 Å². The Morgan fingerprint density at radius 3 is 1.25 bits per heavy atom. The van der Waals surface area contributed by atoms with E-state index in [1.54, 1.807) is 24.3 Å². The summed E-state index contributed by atoms with van der Waals surface area (Å²) >= 11 is -2.22. The second kappa shape index (κ2) is 16.2. The van der Waals surface area contributed by atoms with Gasteiger partial charge in [-0.2, -0.15) is 18.2 Å². The minimum absolute atomic E-state index is 0. The Morgan fingerprint density at radius 1 is 0.556 bits per heavy atom. The van der Waals surface area contributed by atoms with Crippen LogP contribution < -0.4 is 8.70 Å². The van der Waals surface area contributed by atoms with Crippen molar-refractivity contribution in [2.45, 2.75) is 0 Å². The second-order valence-corrected chi connectivity index (χ2v) is 10.8. The van der Waals surface area contributed by atoms with Crippen LogP contribution in [0, 0.1) is 39.7 Å². The third-order valence-electron chi connectivity index (χ3n) is 4.42. The van der Waals surface area contributed by atoms with E-state index in [0.717, 1.165) is 8.70 Å². The topological polar surface area (TPSA) is 0 Å². The van der Waals surface area contributed by atoms with Gasteiger partial charge < -0.3 is 30.3 Å². The van der Waals surface area contributed by atoms with Gasteiger partial charge >= 0.3 is 139 Å². The molecule has 8 heteroatoms. The Bertz CT molecular complexity index is 1180. The van der Waals surface area contributed by atoms with E-state index in [2.05, 4.69) is 10.6 Å². The van der Waals surface area contributed by atoms with Crippen LogP contribution in [0.4, 0.5) is 22.0 Å². The summed E-state index contributed by atoms with van der Waals surface area (Å²) in [5.41, 5.74) is -1.09. The molecule has 0 radical (unpaired) electrons. The van der Waals surface area contributed by atoms with Gasteiger partial charge in [0.15, 0.2) is 0 Å². The molecule has 5 rings (SSSR count). The maximum absolute atomic E-state index is 13.7. The molecule has 0 aliphatic rings. The molecule has 0 aliphatic carbocycles. The Morgan fingerprint density at radius 2 is 0.917 bits per heavy atom. The molecule has 0 aliphatic heterocycles. The van der Waals surface area contributed by atoms with Crippen molar-refractivity contribution in [1.29, 1.82) is 0 Å². The minimum Gasteiger partial charge on any atom is -0.748 e. The molecule has 5 aromatic rings. The van der Waals surface area contributed by atoms with Gasteiger partial charge in [-0.15, -0.1) is 0 Å². The van der Waals surface area contributed by atoms with Crippen LogP contribution in [0.5, 0.6) is 0 Å². The Labute approximate surface area is 232 Å². The van der Waals surface area contributed by atoms with Gasteiger partial charge in [-0.05, 0) is 0 Å². The van der Waals surface area contributed by atoms with Gasteiger partial charge in [0, 0.05) is 34.1 Å². The van der Waals surface area contributed by atoms with Crippen LogP contribution in [-0.4, -0.2) is 14.7 Å². The molecule has 0 atom stereocenters. The molecule has 0 bridgehead atoms. The molecule has 0 unspecified atom stereocenters. The second-order valence-electron chi connectivity index (χ2n) is 6.73. The Hall–Kier alpha value is -2.57. The molecule has 0 nitrogen and oxygen atoms in total.